The summed E-state index contributed by atoms with van der Waals surface area (Å²) in [4.78, 5) is 32.6. The van der Waals surface area contributed by atoms with Gasteiger partial charge in [-0.1, -0.05) is 48.5 Å². The summed E-state index contributed by atoms with van der Waals surface area (Å²) in [7, 11) is 0. The summed E-state index contributed by atoms with van der Waals surface area (Å²) < 4.78 is 12.4. The number of nitrogens with one attached hydrogen (secondary N) is 1. The van der Waals surface area contributed by atoms with Crippen LogP contribution in [0.1, 0.15) is 23.5 Å². The fraction of sp³-hybridized carbons (Fsp3) is 0.214. The number of hydrogen-bond acceptors (Lipinski definition) is 6. The predicted octanol–water partition coefficient (Wildman–Crippen LogP) is 4.15. The van der Waals surface area contributed by atoms with Gasteiger partial charge in [0.05, 0.1) is 5.69 Å². The minimum absolute atomic E-state index is 0.0659. The van der Waals surface area contributed by atoms with Gasteiger partial charge in [-0.2, -0.15) is 0 Å². The second-order valence-electron chi connectivity index (χ2n) is 9.00. The van der Waals surface area contributed by atoms with Crippen molar-refractivity contribution < 1.29 is 19.1 Å². The third-order valence-electron chi connectivity index (χ3n) is 6.62. The summed E-state index contributed by atoms with van der Waals surface area (Å²) in [5.74, 6) is 1.55. The van der Waals surface area contributed by atoms with E-state index in [-0.39, 0.29) is 30.3 Å². The highest BCUT2D eigenvalue weighted by molar-refractivity contribution is 5.94. The van der Waals surface area contributed by atoms with E-state index in [1.807, 2.05) is 60.7 Å². The normalized spacial score (nSPS) is 15.0. The molecule has 0 aliphatic carbocycles. The second-order valence-corrected chi connectivity index (χ2v) is 9.00. The van der Waals surface area contributed by atoms with Gasteiger partial charge in [0, 0.05) is 36.3 Å². The number of likely N-dealkylation sites (tertiary alicyclic amines) is 1. The van der Waals surface area contributed by atoms with E-state index in [9.17, 15) is 9.59 Å². The van der Waals surface area contributed by atoms with Gasteiger partial charge in [-0.3, -0.25) is 9.59 Å². The average molecular weight is 496 g/mol. The Morgan fingerprint density at radius 2 is 1.57 bits per heavy atom. The van der Waals surface area contributed by atoms with Crippen LogP contribution in [0.4, 0.5) is 5.69 Å². The number of ether oxygens (including phenoxy) is 2. The first-order chi connectivity index (χ1) is 18.2. The maximum atomic E-state index is 13.4. The van der Waals surface area contributed by atoms with Crippen molar-refractivity contribution in [1.82, 2.24) is 19.7 Å². The van der Waals surface area contributed by atoms with Gasteiger partial charge in [0.25, 0.3) is 5.91 Å². The smallest absolute Gasteiger partial charge is 0.293 e. The molecule has 0 radical (unpaired) electrons. The molecule has 1 saturated heterocycles. The van der Waals surface area contributed by atoms with Crippen LogP contribution in [0.25, 0.3) is 17.1 Å². The third kappa shape index (κ3) is 4.63. The van der Waals surface area contributed by atoms with E-state index < -0.39 is 0 Å². The van der Waals surface area contributed by atoms with Crippen LogP contribution in [0.3, 0.4) is 0 Å². The summed E-state index contributed by atoms with van der Waals surface area (Å²) in [6.07, 6.45) is 1.13. The summed E-state index contributed by atoms with van der Waals surface area (Å²) in [5.41, 5.74) is 2.36. The topological polar surface area (TPSA) is 98.6 Å². The number of rotatable bonds is 5. The molecule has 4 aromatic rings. The molecule has 0 bridgehead atoms. The molecule has 2 aliphatic rings. The maximum Gasteiger partial charge on any atom is 0.293 e. The Balaban J connectivity index is 1.14. The van der Waals surface area contributed by atoms with Crippen molar-refractivity contribution >= 4 is 17.5 Å². The number of benzene rings is 3. The molecule has 2 amide bonds. The van der Waals surface area contributed by atoms with E-state index in [1.165, 1.54) is 0 Å². The first kappa shape index (κ1) is 22.8. The SMILES string of the molecule is O=C(Nc1ccc2c(c1)OCO2)C1CCN(C(=O)c2nc(-c3ccccc3)n(-c3ccccc3)n2)CC1. The molecular weight excluding hydrogens is 470 g/mol. The van der Waals surface area contributed by atoms with E-state index in [0.29, 0.717) is 48.9 Å². The number of anilines is 1. The minimum Gasteiger partial charge on any atom is -0.454 e. The van der Waals surface area contributed by atoms with Crippen molar-refractivity contribution in [3.05, 3.63) is 84.7 Å². The number of nitrogens with zero attached hydrogens (tertiary/aromatic N) is 4. The third-order valence-corrected chi connectivity index (χ3v) is 6.62. The molecule has 186 valence electrons. The van der Waals surface area contributed by atoms with Crippen LogP contribution in [-0.2, 0) is 4.79 Å². The van der Waals surface area contributed by atoms with Crippen LogP contribution in [0, 0.1) is 5.92 Å². The summed E-state index contributed by atoms with van der Waals surface area (Å²) >= 11 is 0. The van der Waals surface area contributed by atoms with Gasteiger partial charge in [-0.15, -0.1) is 5.10 Å². The monoisotopic (exact) mass is 495 g/mol. The number of hydrogen-bond donors (Lipinski definition) is 1. The van der Waals surface area contributed by atoms with Crippen LogP contribution in [0.15, 0.2) is 78.9 Å². The molecule has 9 heteroatoms. The van der Waals surface area contributed by atoms with Crippen LogP contribution in [0.2, 0.25) is 0 Å². The van der Waals surface area contributed by atoms with Gasteiger partial charge >= 0.3 is 0 Å². The summed E-state index contributed by atoms with van der Waals surface area (Å²) in [6, 6.07) is 24.7. The molecule has 37 heavy (non-hydrogen) atoms. The number of fused-ring (bicyclic) bond motifs is 1. The largest absolute Gasteiger partial charge is 0.454 e. The van der Waals surface area contributed by atoms with E-state index in [0.717, 1.165) is 11.3 Å². The number of carbonyl (C=O) groups excluding carboxylic acids is 2. The van der Waals surface area contributed by atoms with Gasteiger partial charge in [0.15, 0.2) is 17.3 Å². The Hall–Kier alpha value is -4.66. The predicted molar refractivity (Wildman–Crippen MR) is 137 cm³/mol. The molecule has 0 unspecified atom stereocenters. The number of carbonyl (C=O) groups is 2. The molecule has 0 atom stereocenters. The Labute approximate surface area is 213 Å². The summed E-state index contributed by atoms with van der Waals surface area (Å²) in [5, 5.41) is 7.54. The molecule has 3 aromatic carbocycles. The minimum atomic E-state index is -0.235. The number of piperidine rings is 1. The zero-order chi connectivity index (χ0) is 25.2. The number of amides is 2. The van der Waals surface area contributed by atoms with E-state index in [4.69, 9.17) is 9.47 Å². The molecule has 3 heterocycles. The van der Waals surface area contributed by atoms with Crippen LogP contribution < -0.4 is 14.8 Å². The van der Waals surface area contributed by atoms with E-state index in [2.05, 4.69) is 15.4 Å². The van der Waals surface area contributed by atoms with Gasteiger partial charge in [0.1, 0.15) is 0 Å². The molecular formula is C28H25N5O4. The quantitative estimate of drug-likeness (QED) is 0.447. The second kappa shape index (κ2) is 9.77. The molecule has 1 aromatic heterocycles. The molecule has 0 spiro atoms. The Kier molecular flexibility index (Phi) is 6.02. The van der Waals surface area contributed by atoms with Crippen molar-refractivity contribution in [3.8, 4) is 28.6 Å². The molecule has 2 aliphatic heterocycles. The maximum absolute atomic E-state index is 13.4. The van der Waals surface area contributed by atoms with E-state index in [1.54, 1.807) is 27.8 Å². The molecule has 1 N–H and O–H groups in total. The zero-order valence-electron chi connectivity index (χ0n) is 20.0. The van der Waals surface area contributed by atoms with Crippen molar-refractivity contribution in [3.63, 3.8) is 0 Å². The lowest BCUT2D eigenvalue weighted by Crippen LogP contribution is -2.41. The Morgan fingerprint density at radius 1 is 0.865 bits per heavy atom. The highest BCUT2D eigenvalue weighted by atomic mass is 16.7. The summed E-state index contributed by atoms with van der Waals surface area (Å²) in [6.45, 7) is 1.10. The van der Waals surface area contributed by atoms with Crippen LogP contribution >= 0.6 is 0 Å². The van der Waals surface area contributed by atoms with Gasteiger partial charge in [-0.25, -0.2) is 9.67 Å². The molecule has 9 nitrogen and oxygen atoms in total. The van der Waals surface area contributed by atoms with Crippen LogP contribution in [0.5, 0.6) is 11.5 Å². The highest BCUT2D eigenvalue weighted by Gasteiger charge is 2.30. The lowest BCUT2D eigenvalue weighted by atomic mass is 9.95. The number of aromatic nitrogens is 3. The van der Waals surface area contributed by atoms with E-state index >= 15 is 0 Å². The zero-order valence-corrected chi connectivity index (χ0v) is 20.0. The first-order valence-corrected chi connectivity index (χ1v) is 12.2. The van der Waals surface area contributed by atoms with Gasteiger partial charge < -0.3 is 19.7 Å². The lowest BCUT2D eigenvalue weighted by Gasteiger charge is -2.30. The average Bonchev–Trinajstić information content (AvgIpc) is 3.61. The van der Waals surface area contributed by atoms with Crippen molar-refractivity contribution in [2.24, 2.45) is 5.92 Å². The van der Waals surface area contributed by atoms with Gasteiger partial charge in [0.2, 0.25) is 18.5 Å². The molecule has 6 rings (SSSR count). The lowest BCUT2D eigenvalue weighted by molar-refractivity contribution is -0.121. The fourth-order valence-electron chi connectivity index (χ4n) is 4.63. The fourth-order valence-corrected chi connectivity index (χ4v) is 4.63. The molecule has 0 saturated carbocycles. The van der Waals surface area contributed by atoms with Gasteiger partial charge in [-0.05, 0) is 37.1 Å². The van der Waals surface area contributed by atoms with Crippen LogP contribution in [-0.4, -0.2) is 51.4 Å². The standard InChI is InChI=1S/C28H25N5O4/c34-27(29-21-11-12-23-24(17-21)37-18-36-23)20-13-15-32(16-14-20)28(35)25-30-26(19-7-3-1-4-8-19)33(31-25)22-9-5-2-6-10-22/h1-12,17,20H,13-16,18H2,(H,29,34). The Bertz CT molecular complexity index is 1370. The number of para-hydroxylation sites is 1. The highest BCUT2D eigenvalue weighted by Crippen LogP contribution is 2.34. The first-order valence-electron chi connectivity index (χ1n) is 12.2. The van der Waals surface area contributed by atoms with Crippen molar-refractivity contribution in [2.75, 3.05) is 25.2 Å². The Morgan fingerprint density at radius 3 is 2.32 bits per heavy atom. The van der Waals surface area contributed by atoms with Crippen molar-refractivity contribution in [2.45, 2.75) is 12.8 Å². The molecule has 1 fully saturated rings. The van der Waals surface area contributed by atoms with Crippen molar-refractivity contribution in [1.29, 1.82) is 0 Å².